The quantitative estimate of drug-likeness (QED) is 0.845. The van der Waals surface area contributed by atoms with Gasteiger partial charge in [0.05, 0.1) is 12.2 Å². The first-order chi connectivity index (χ1) is 10.5. The van der Waals surface area contributed by atoms with Gasteiger partial charge in [0.2, 0.25) is 0 Å². The standard InChI is InChI=1S/C16H19FN2O2S/c1-3-11(2)19(9-15(20)21)8-14-10-22-16(18-14)12-4-6-13(17)7-5-12/h4-7,10-11H,3,8-9H2,1-2H3,(H,20,21)/t11-/m1/s1. The van der Waals surface area contributed by atoms with Gasteiger partial charge in [0.15, 0.2) is 0 Å². The van der Waals surface area contributed by atoms with Crippen molar-refractivity contribution in [1.82, 2.24) is 9.88 Å². The molecule has 2 rings (SSSR count). The lowest BCUT2D eigenvalue weighted by atomic mass is 10.2. The molecule has 0 radical (unpaired) electrons. The van der Waals surface area contributed by atoms with E-state index in [9.17, 15) is 9.18 Å². The maximum atomic E-state index is 12.9. The first-order valence-corrected chi connectivity index (χ1v) is 8.03. The second-order valence-corrected chi connectivity index (χ2v) is 6.06. The number of carbonyl (C=O) groups is 1. The molecule has 6 heteroatoms. The Balaban J connectivity index is 2.12. The predicted octanol–water partition coefficient (Wildman–Crippen LogP) is 3.63. The summed E-state index contributed by atoms with van der Waals surface area (Å²) in [6, 6.07) is 6.38. The topological polar surface area (TPSA) is 53.4 Å². The third kappa shape index (κ3) is 4.35. The highest BCUT2D eigenvalue weighted by atomic mass is 32.1. The van der Waals surface area contributed by atoms with E-state index in [-0.39, 0.29) is 18.4 Å². The molecule has 0 saturated carbocycles. The minimum Gasteiger partial charge on any atom is -0.480 e. The normalized spacial score (nSPS) is 12.5. The van der Waals surface area contributed by atoms with Crippen LogP contribution in [0.4, 0.5) is 4.39 Å². The molecule has 0 unspecified atom stereocenters. The number of hydrogen-bond acceptors (Lipinski definition) is 4. The van der Waals surface area contributed by atoms with Crippen LogP contribution in [0.2, 0.25) is 0 Å². The molecule has 4 nitrogen and oxygen atoms in total. The molecule has 118 valence electrons. The van der Waals surface area contributed by atoms with Gasteiger partial charge >= 0.3 is 5.97 Å². The fraction of sp³-hybridized carbons (Fsp3) is 0.375. The maximum Gasteiger partial charge on any atom is 0.317 e. The zero-order valence-corrected chi connectivity index (χ0v) is 13.4. The zero-order chi connectivity index (χ0) is 16.1. The van der Waals surface area contributed by atoms with E-state index in [0.29, 0.717) is 6.54 Å². The monoisotopic (exact) mass is 322 g/mol. The number of thiazole rings is 1. The minimum absolute atomic E-state index is 0.00157. The van der Waals surface area contributed by atoms with Crippen LogP contribution >= 0.6 is 11.3 Å². The van der Waals surface area contributed by atoms with Gasteiger partial charge in [0.1, 0.15) is 10.8 Å². The second-order valence-electron chi connectivity index (χ2n) is 5.21. The summed E-state index contributed by atoms with van der Waals surface area (Å²) >= 11 is 1.48. The van der Waals surface area contributed by atoms with E-state index in [0.717, 1.165) is 22.7 Å². The Morgan fingerprint density at radius 2 is 2.09 bits per heavy atom. The van der Waals surface area contributed by atoms with Crippen molar-refractivity contribution in [2.24, 2.45) is 0 Å². The molecular weight excluding hydrogens is 303 g/mol. The van der Waals surface area contributed by atoms with Crippen molar-refractivity contribution in [3.8, 4) is 10.6 Å². The van der Waals surface area contributed by atoms with E-state index >= 15 is 0 Å². The third-order valence-electron chi connectivity index (χ3n) is 3.56. The fourth-order valence-electron chi connectivity index (χ4n) is 2.11. The first-order valence-electron chi connectivity index (χ1n) is 7.15. The summed E-state index contributed by atoms with van der Waals surface area (Å²) in [6.07, 6.45) is 0.877. The summed E-state index contributed by atoms with van der Waals surface area (Å²) in [5.74, 6) is -1.11. The van der Waals surface area contributed by atoms with Crippen LogP contribution in [-0.4, -0.2) is 33.5 Å². The van der Waals surface area contributed by atoms with Crippen LogP contribution in [-0.2, 0) is 11.3 Å². The Morgan fingerprint density at radius 1 is 1.41 bits per heavy atom. The van der Waals surface area contributed by atoms with Gasteiger partial charge in [-0.25, -0.2) is 9.37 Å². The molecule has 0 spiro atoms. The van der Waals surface area contributed by atoms with Gasteiger partial charge in [-0.3, -0.25) is 9.69 Å². The van der Waals surface area contributed by atoms with E-state index in [2.05, 4.69) is 4.98 Å². The van der Waals surface area contributed by atoms with Crippen molar-refractivity contribution < 1.29 is 14.3 Å². The fourth-order valence-corrected chi connectivity index (χ4v) is 2.93. The average molecular weight is 322 g/mol. The Kier molecular flexibility index (Phi) is 5.63. The number of hydrogen-bond donors (Lipinski definition) is 1. The molecule has 0 aliphatic carbocycles. The van der Waals surface area contributed by atoms with E-state index in [1.807, 2.05) is 24.1 Å². The van der Waals surface area contributed by atoms with Crippen molar-refractivity contribution in [1.29, 1.82) is 0 Å². The van der Waals surface area contributed by atoms with Gasteiger partial charge in [-0.2, -0.15) is 0 Å². The van der Waals surface area contributed by atoms with E-state index in [1.165, 1.54) is 23.5 Å². The highest BCUT2D eigenvalue weighted by Gasteiger charge is 2.17. The number of rotatable bonds is 7. The van der Waals surface area contributed by atoms with Crippen LogP contribution in [0.1, 0.15) is 26.0 Å². The van der Waals surface area contributed by atoms with Crippen LogP contribution in [0.15, 0.2) is 29.6 Å². The lowest BCUT2D eigenvalue weighted by Gasteiger charge is -2.25. The molecule has 1 aromatic heterocycles. The van der Waals surface area contributed by atoms with Gasteiger partial charge in [0.25, 0.3) is 0 Å². The first kappa shape index (κ1) is 16.6. The third-order valence-corrected chi connectivity index (χ3v) is 4.50. The summed E-state index contributed by atoms with van der Waals surface area (Å²) in [5, 5.41) is 11.8. The molecule has 1 atom stereocenters. The molecule has 0 fully saturated rings. The smallest absolute Gasteiger partial charge is 0.317 e. The maximum absolute atomic E-state index is 12.9. The van der Waals surface area contributed by atoms with Gasteiger partial charge < -0.3 is 5.11 Å². The van der Waals surface area contributed by atoms with Gasteiger partial charge in [0, 0.05) is 23.5 Å². The molecule has 2 aromatic rings. The molecule has 0 amide bonds. The summed E-state index contributed by atoms with van der Waals surface area (Å²) in [6.45, 7) is 4.54. The van der Waals surface area contributed by atoms with Crippen molar-refractivity contribution >= 4 is 17.3 Å². The molecule has 1 aromatic carbocycles. The summed E-state index contributed by atoms with van der Waals surface area (Å²) in [7, 11) is 0. The van der Waals surface area contributed by atoms with E-state index in [4.69, 9.17) is 5.11 Å². The van der Waals surface area contributed by atoms with Crippen LogP contribution in [0.3, 0.4) is 0 Å². The van der Waals surface area contributed by atoms with Crippen molar-refractivity contribution in [3.05, 3.63) is 41.2 Å². The number of carboxylic acid groups (broad SMARTS) is 1. The molecule has 1 N–H and O–H groups in total. The summed E-state index contributed by atoms with van der Waals surface area (Å²) < 4.78 is 12.9. The van der Waals surface area contributed by atoms with Crippen LogP contribution in [0.25, 0.3) is 10.6 Å². The Bertz CT molecular complexity index is 627. The molecule has 22 heavy (non-hydrogen) atoms. The SMILES string of the molecule is CC[C@@H](C)N(CC(=O)O)Cc1csc(-c2ccc(F)cc2)n1. The van der Waals surface area contributed by atoms with Crippen LogP contribution in [0, 0.1) is 5.82 Å². The van der Waals surface area contributed by atoms with Crippen molar-refractivity contribution in [2.75, 3.05) is 6.54 Å². The number of carboxylic acids is 1. The van der Waals surface area contributed by atoms with Gasteiger partial charge in [-0.1, -0.05) is 6.92 Å². The number of halogens is 1. The van der Waals surface area contributed by atoms with Gasteiger partial charge in [-0.15, -0.1) is 11.3 Å². The van der Waals surface area contributed by atoms with Crippen molar-refractivity contribution in [2.45, 2.75) is 32.9 Å². The number of aliphatic carboxylic acids is 1. The highest BCUT2D eigenvalue weighted by Crippen LogP contribution is 2.24. The summed E-state index contributed by atoms with van der Waals surface area (Å²) in [5.41, 5.74) is 1.71. The van der Waals surface area contributed by atoms with E-state index < -0.39 is 5.97 Å². The summed E-state index contributed by atoms with van der Waals surface area (Å²) in [4.78, 5) is 17.4. The molecule has 0 bridgehead atoms. The van der Waals surface area contributed by atoms with Gasteiger partial charge in [-0.05, 0) is 37.6 Å². The Hall–Kier alpha value is -1.79. The number of nitrogens with zero attached hydrogens (tertiary/aromatic N) is 2. The number of aromatic nitrogens is 1. The van der Waals surface area contributed by atoms with Crippen molar-refractivity contribution in [3.63, 3.8) is 0 Å². The van der Waals surface area contributed by atoms with E-state index in [1.54, 1.807) is 12.1 Å². The largest absolute Gasteiger partial charge is 0.480 e. The molecular formula is C16H19FN2O2S. The Morgan fingerprint density at radius 3 is 2.68 bits per heavy atom. The average Bonchev–Trinajstić information content (AvgIpc) is 2.94. The lowest BCUT2D eigenvalue weighted by molar-refractivity contribution is -0.139. The van der Waals surface area contributed by atoms with Crippen LogP contribution < -0.4 is 0 Å². The highest BCUT2D eigenvalue weighted by molar-refractivity contribution is 7.13. The molecule has 0 aliphatic heterocycles. The minimum atomic E-state index is -0.839. The second kappa shape index (κ2) is 7.47. The molecule has 1 heterocycles. The lowest BCUT2D eigenvalue weighted by Crippen LogP contribution is -2.36. The molecule has 0 aliphatic rings. The molecule has 0 saturated heterocycles. The Labute approximate surface area is 133 Å². The predicted molar refractivity (Wildman–Crippen MR) is 85.3 cm³/mol. The zero-order valence-electron chi connectivity index (χ0n) is 12.6. The van der Waals surface area contributed by atoms with Crippen LogP contribution in [0.5, 0.6) is 0 Å². The number of benzene rings is 1.